The summed E-state index contributed by atoms with van der Waals surface area (Å²) >= 11 is 4.65. The van der Waals surface area contributed by atoms with Crippen molar-refractivity contribution in [1.82, 2.24) is 9.97 Å². The minimum absolute atomic E-state index is 0.153. The first-order chi connectivity index (χ1) is 12.9. The van der Waals surface area contributed by atoms with Crippen LogP contribution in [0.4, 0.5) is 0 Å². The molecule has 0 N–H and O–H groups in total. The van der Waals surface area contributed by atoms with Gasteiger partial charge in [0.1, 0.15) is 12.0 Å². The molecule has 0 fully saturated rings. The van der Waals surface area contributed by atoms with Crippen LogP contribution in [0.15, 0.2) is 61.5 Å². The van der Waals surface area contributed by atoms with Crippen LogP contribution in [0, 0.1) is 13.8 Å². The fourth-order valence-electron chi connectivity index (χ4n) is 2.23. The van der Waals surface area contributed by atoms with Crippen molar-refractivity contribution in [1.29, 1.82) is 0 Å². The van der Waals surface area contributed by atoms with E-state index in [1.54, 1.807) is 24.3 Å². The van der Waals surface area contributed by atoms with Crippen molar-refractivity contribution in [3.05, 3.63) is 80.1 Å². The number of esters is 1. The molecule has 0 atom stereocenters. The number of aryl methyl sites for hydroxylation is 2. The van der Waals surface area contributed by atoms with Crippen LogP contribution in [0.3, 0.4) is 0 Å². The fraction of sp³-hybridized carbons (Fsp3) is 0.158. The summed E-state index contributed by atoms with van der Waals surface area (Å²) in [7, 11) is 0. The zero-order valence-electron chi connectivity index (χ0n) is 14.6. The van der Waals surface area contributed by atoms with Gasteiger partial charge in [-0.1, -0.05) is 27.7 Å². The smallest absolute Gasteiger partial charge is 0.343 e. The highest BCUT2D eigenvalue weighted by molar-refractivity contribution is 9.10. The zero-order valence-corrected chi connectivity index (χ0v) is 17.0. The molecule has 1 aromatic carbocycles. The maximum atomic E-state index is 12.2. The number of thioether (sulfide) groups is 1. The topological polar surface area (TPSA) is 82.3 Å². The molecule has 27 heavy (non-hydrogen) atoms. The normalized spacial score (nSPS) is 10.6. The number of hydrogen-bond donors (Lipinski definition) is 0. The van der Waals surface area contributed by atoms with Crippen molar-refractivity contribution in [3.63, 3.8) is 0 Å². The van der Waals surface area contributed by atoms with Crippen LogP contribution in [0.5, 0.6) is 5.75 Å². The molecule has 0 unspecified atom stereocenters. The number of carbonyl (C=O) groups excluding carboxylic acids is 1. The number of ether oxygens (including phenoxy) is 1. The minimum atomic E-state index is -0.624. The van der Waals surface area contributed by atoms with Crippen molar-refractivity contribution in [2.24, 2.45) is 0 Å². The number of benzene rings is 1. The van der Waals surface area contributed by atoms with Gasteiger partial charge >= 0.3 is 5.97 Å². The maximum Gasteiger partial charge on any atom is 0.343 e. The van der Waals surface area contributed by atoms with Gasteiger partial charge in [0.05, 0.1) is 11.3 Å². The maximum absolute atomic E-state index is 12.2. The van der Waals surface area contributed by atoms with Gasteiger partial charge in [-0.15, -0.1) is 0 Å². The standard InChI is InChI=1S/C19H15BrN2O4S/c1-11-7-12(2)22-19(21-11)27-10-15-8-16(23)17(9-25-15)26-18(24)13-3-5-14(20)6-4-13/h3-9H,10H2,1-2H3. The van der Waals surface area contributed by atoms with E-state index in [9.17, 15) is 9.59 Å². The second-order valence-corrected chi connectivity index (χ2v) is 7.55. The third-order valence-electron chi connectivity index (χ3n) is 3.44. The number of carbonyl (C=O) groups is 1. The quantitative estimate of drug-likeness (QED) is 0.327. The second-order valence-electron chi connectivity index (χ2n) is 5.69. The average Bonchev–Trinajstić information content (AvgIpc) is 2.62. The molecular formula is C19H15BrN2O4S. The highest BCUT2D eigenvalue weighted by atomic mass is 79.9. The Morgan fingerprint density at radius 3 is 2.44 bits per heavy atom. The number of aromatic nitrogens is 2. The Hall–Kier alpha value is -2.45. The first kappa shape index (κ1) is 19.3. The van der Waals surface area contributed by atoms with Crippen LogP contribution in [0.25, 0.3) is 0 Å². The minimum Gasteiger partial charge on any atom is -0.464 e. The largest absolute Gasteiger partial charge is 0.464 e. The van der Waals surface area contributed by atoms with E-state index in [1.165, 1.54) is 17.8 Å². The molecule has 0 radical (unpaired) electrons. The lowest BCUT2D eigenvalue weighted by Gasteiger charge is -2.05. The van der Waals surface area contributed by atoms with Crippen LogP contribution in [0.1, 0.15) is 27.5 Å². The van der Waals surface area contributed by atoms with Crippen molar-refractivity contribution in [2.75, 3.05) is 0 Å². The van der Waals surface area contributed by atoms with E-state index in [0.717, 1.165) is 22.1 Å². The van der Waals surface area contributed by atoms with Gasteiger partial charge in [-0.3, -0.25) is 4.79 Å². The summed E-state index contributed by atoms with van der Waals surface area (Å²) in [4.78, 5) is 32.9. The molecule has 2 heterocycles. The zero-order chi connectivity index (χ0) is 19.4. The molecule has 0 aliphatic heterocycles. The lowest BCUT2D eigenvalue weighted by molar-refractivity contribution is 0.0729. The summed E-state index contributed by atoms with van der Waals surface area (Å²) < 4.78 is 11.4. The number of rotatable bonds is 5. The van der Waals surface area contributed by atoms with Crippen molar-refractivity contribution in [3.8, 4) is 5.75 Å². The average molecular weight is 447 g/mol. The van der Waals surface area contributed by atoms with Crippen molar-refractivity contribution < 1.29 is 13.9 Å². The Bertz CT molecular complexity index is 1010. The van der Waals surface area contributed by atoms with Gasteiger partial charge < -0.3 is 9.15 Å². The number of halogens is 1. The third kappa shape index (κ3) is 5.27. The van der Waals surface area contributed by atoms with Crippen LogP contribution < -0.4 is 10.2 Å². The van der Waals surface area contributed by atoms with Crippen LogP contribution >= 0.6 is 27.7 Å². The molecule has 0 aliphatic rings. The first-order valence-corrected chi connectivity index (χ1v) is 9.73. The Labute approximate surface area is 168 Å². The van der Waals surface area contributed by atoms with Gasteiger partial charge in [0.2, 0.25) is 11.2 Å². The van der Waals surface area contributed by atoms with Gasteiger partial charge in [0.15, 0.2) is 5.16 Å². The first-order valence-electron chi connectivity index (χ1n) is 7.95. The molecule has 0 saturated heterocycles. The van der Waals surface area contributed by atoms with E-state index >= 15 is 0 Å². The molecule has 0 aliphatic carbocycles. The molecule has 3 aromatic rings. The van der Waals surface area contributed by atoms with E-state index in [4.69, 9.17) is 9.15 Å². The fourth-order valence-corrected chi connectivity index (χ4v) is 3.33. The summed E-state index contributed by atoms with van der Waals surface area (Å²) in [6, 6.07) is 9.83. The van der Waals surface area contributed by atoms with Gasteiger partial charge in [-0.2, -0.15) is 0 Å². The highest BCUT2D eigenvalue weighted by Crippen LogP contribution is 2.20. The van der Waals surface area contributed by atoms with Crippen molar-refractivity contribution >= 4 is 33.7 Å². The van der Waals surface area contributed by atoms with Crippen molar-refractivity contribution in [2.45, 2.75) is 24.8 Å². The van der Waals surface area contributed by atoms with Gasteiger partial charge in [-0.25, -0.2) is 14.8 Å². The third-order valence-corrected chi connectivity index (χ3v) is 4.84. The van der Waals surface area contributed by atoms with Crippen LogP contribution in [0.2, 0.25) is 0 Å². The SMILES string of the molecule is Cc1cc(C)nc(SCc2cc(=O)c(OC(=O)c3ccc(Br)cc3)co2)n1. The number of nitrogens with zero attached hydrogens (tertiary/aromatic N) is 2. The Morgan fingerprint density at radius 2 is 1.81 bits per heavy atom. The summed E-state index contributed by atoms with van der Waals surface area (Å²) in [5, 5.41) is 0.612. The molecule has 2 aromatic heterocycles. The van der Waals surface area contributed by atoms with E-state index in [0.29, 0.717) is 22.2 Å². The van der Waals surface area contributed by atoms with Gasteiger partial charge in [0.25, 0.3) is 0 Å². The Morgan fingerprint density at radius 1 is 1.15 bits per heavy atom. The van der Waals surface area contributed by atoms with E-state index in [-0.39, 0.29) is 5.75 Å². The monoisotopic (exact) mass is 446 g/mol. The van der Waals surface area contributed by atoms with Gasteiger partial charge in [-0.05, 0) is 44.2 Å². The number of hydrogen-bond acceptors (Lipinski definition) is 7. The predicted molar refractivity (Wildman–Crippen MR) is 105 cm³/mol. The molecule has 3 rings (SSSR count). The van der Waals surface area contributed by atoms with E-state index in [2.05, 4.69) is 25.9 Å². The van der Waals surface area contributed by atoms with E-state index < -0.39 is 11.4 Å². The second kappa shape index (κ2) is 8.49. The van der Waals surface area contributed by atoms with Crippen LogP contribution in [-0.4, -0.2) is 15.9 Å². The predicted octanol–water partition coefficient (Wildman–Crippen LogP) is 4.32. The van der Waals surface area contributed by atoms with Gasteiger partial charge in [0, 0.05) is 21.9 Å². The molecule has 0 bridgehead atoms. The molecular weight excluding hydrogens is 432 g/mol. The Kier molecular flexibility index (Phi) is 6.08. The summed E-state index contributed by atoms with van der Waals surface area (Å²) in [6.45, 7) is 3.79. The molecule has 8 heteroatoms. The molecule has 138 valence electrons. The van der Waals surface area contributed by atoms with E-state index in [1.807, 2.05) is 19.9 Å². The summed E-state index contributed by atoms with van der Waals surface area (Å²) in [5.41, 5.74) is 1.66. The molecule has 0 spiro atoms. The van der Waals surface area contributed by atoms with Crippen LogP contribution in [-0.2, 0) is 5.75 Å². The Balaban J connectivity index is 1.67. The molecule has 0 saturated carbocycles. The summed E-state index contributed by atoms with van der Waals surface area (Å²) in [5.74, 6) is 0.0510. The summed E-state index contributed by atoms with van der Waals surface area (Å²) in [6.07, 6.45) is 1.15. The molecule has 6 nitrogen and oxygen atoms in total. The highest BCUT2D eigenvalue weighted by Gasteiger charge is 2.13. The molecule has 0 amide bonds. The lowest BCUT2D eigenvalue weighted by Crippen LogP contribution is -2.14. The lowest BCUT2D eigenvalue weighted by atomic mass is 10.2.